The third-order valence-corrected chi connectivity index (χ3v) is 5.97. The van der Waals surface area contributed by atoms with Gasteiger partial charge >= 0.3 is 0 Å². The molecule has 0 radical (unpaired) electrons. The SMILES string of the molecule is c1ccc(Sc2ccc(Sc3ccc(COCC4CO4)cc3)cc2)cc1. The maximum absolute atomic E-state index is 5.63. The lowest BCUT2D eigenvalue weighted by Gasteiger charge is -2.06. The van der Waals surface area contributed by atoms with E-state index in [1.54, 1.807) is 23.5 Å². The largest absolute Gasteiger partial charge is 0.374 e. The highest BCUT2D eigenvalue weighted by Crippen LogP contribution is 2.32. The quantitative estimate of drug-likeness (QED) is 0.453. The summed E-state index contributed by atoms with van der Waals surface area (Å²) >= 11 is 3.57. The summed E-state index contributed by atoms with van der Waals surface area (Å²) in [4.78, 5) is 5.01. The van der Waals surface area contributed by atoms with Crippen LogP contribution in [0.15, 0.2) is 98.4 Å². The predicted molar refractivity (Wildman–Crippen MR) is 107 cm³/mol. The van der Waals surface area contributed by atoms with Crippen molar-refractivity contribution in [2.24, 2.45) is 0 Å². The molecule has 26 heavy (non-hydrogen) atoms. The summed E-state index contributed by atoms with van der Waals surface area (Å²) in [6, 6.07) is 27.8. The fourth-order valence-corrected chi connectivity index (χ4v) is 4.12. The first-order valence-electron chi connectivity index (χ1n) is 8.64. The Labute approximate surface area is 162 Å². The molecule has 3 aromatic carbocycles. The molecule has 1 aliphatic rings. The number of rotatable bonds is 8. The van der Waals surface area contributed by atoms with Gasteiger partial charge in [-0.05, 0) is 54.1 Å². The minimum Gasteiger partial charge on any atom is -0.374 e. The first-order chi connectivity index (χ1) is 12.8. The van der Waals surface area contributed by atoms with E-state index in [-0.39, 0.29) is 0 Å². The highest BCUT2D eigenvalue weighted by molar-refractivity contribution is 7.99. The van der Waals surface area contributed by atoms with Crippen molar-refractivity contribution in [2.75, 3.05) is 13.2 Å². The molecular weight excluding hydrogens is 360 g/mol. The van der Waals surface area contributed by atoms with Gasteiger partial charge in [0.2, 0.25) is 0 Å². The third-order valence-electron chi connectivity index (χ3n) is 3.94. The molecule has 0 spiro atoms. The topological polar surface area (TPSA) is 21.8 Å². The van der Waals surface area contributed by atoms with Crippen LogP contribution in [0.1, 0.15) is 5.56 Å². The van der Waals surface area contributed by atoms with E-state index < -0.39 is 0 Å². The maximum atomic E-state index is 5.63. The van der Waals surface area contributed by atoms with E-state index in [9.17, 15) is 0 Å². The standard InChI is InChI=1S/C22H20O2S2/c1-2-4-19(5-3-1)25-21-10-12-22(13-11-21)26-20-8-6-17(7-9-20)14-23-15-18-16-24-18/h1-13,18H,14-16H2. The first-order valence-corrected chi connectivity index (χ1v) is 10.3. The number of hydrogen-bond donors (Lipinski definition) is 0. The lowest BCUT2D eigenvalue weighted by atomic mass is 10.2. The Hall–Kier alpha value is -1.72. The molecule has 0 N–H and O–H groups in total. The van der Waals surface area contributed by atoms with Crippen molar-refractivity contribution in [1.29, 1.82) is 0 Å². The molecule has 1 saturated heterocycles. The van der Waals surface area contributed by atoms with Gasteiger partial charge in [-0.3, -0.25) is 0 Å². The van der Waals surface area contributed by atoms with Crippen LogP contribution >= 0.6 is 23.5 Å². The lowest BCUT2D eigenvalue weighted by Crippen LogP contribution is -2.01. The highest BCUT2D eigenvalue weighted by atomic mass is 32.2. The monoisotopic (exact) mass is 380 g/mol. The average Bonchev–Trinajstić information content (AvgIpc) is 3.50. The summed E-state index contributed by atoms with van der Waals surface area (Å²) in [5.41, 5.74) is 1.20. The Bertz CT molecular complexity index is 813. The summed E-state index contributed by atoms with van der Waals surface area (Å²) in [6.07, 6.45) is 0.327. The van der Waals surface area contributed by atoms with Crippen LogP contribution in [0.5, 0.6) is 0 Å². The van der Waals surface area contributed by atoms with Crippen molar-refractivity contribution in [1.82, 2.24) is 0 Å². The maximum Gasteiger partial charge on any atom is 0.104 e. The van der Waals surface area contributed by atoms with Crippen molar-refractivity contribution in [2.45, 2.75) is 32.3 Å². The van der Waals surface area contributed by atoms with Crippen LogP contribution < -0.4 is 0 Å². The van der Waals surface area contributed by atoms with E-state index in [2.05, 4.69) is 72.8 Å². The van der Waals surface area contributed by atoms with Crippen LogP contribution in [0.2, 0.25) is 0 Å². The fourth-order valence-electron chi connectivity index (χ4n) is 2.46. The van der Waals surface area contributed by atoms with E-state index in [1.807, 2.05) is 6.07 Å². The molecule has 1 atom stereocenters. The van der Waals surface area contributed by atoms with Crippen molar-refractivity contribution in [3.8, 4) is 0 Å². The molecule has 1 fully saturated rings. The van der Waals surface area contributed by atoms with Gasteiger partial charge in [0, 0.05) is 19.6 Å². The minimum atomic E-state index is 0.327. The van der Waals surface area contributed by atoms with E-state index in [1.165, 1.54) is 25.1 Å². The van der Waals surface area contributed by atoms with Crippen molar-refractivity contribution in [3.05, 3.63) is 84.4 Å². The van der Waals surface area contributed by atoms with E-state index in [4.69, 9.17) is 9.47 Å². The van der Waals surface area contributed by atoms with Crippen molar-refractivity contribution >= 4 is 23.5 Å². The zero-order chi connectivity index (χ0) is 17.6. The number of epoxide rings is 1. The molecule has 3 aromatic rings. The van der Waals surface area contributed by atoms with Gasteiger partial charge in [0.15, 0.2) is 0 Å². The van der Waals surface area contributed by atoms with Crippen molar-refractivity contribution < 1.29 is 9.47 Å². The molecule has 0 aliphatic carbocycles. The summed E-state index contributed by atoms with van der Waals surface area (Å²) in [5.74, 6) is 0. The first kappa shape index (κ1) is 17.7. The number of hydrogen-bond acceptors (Lipinski definition) is 4. The average molecular weight is 381 g/mol. The van der Waals surface area contributed by atoms with Crippen LogP contribution in [0, 0.1) is 0 Å². The molecule has 1 unspecified atom stereocenters. The smallest absolute Gasteiger partial charge is 0.104 e. The zero-order valence-corrected chi connectivity index (χ0v) is 16.0. The Morgan fingerprint density at radius 1 is 0.731 bits per heavy atom. The second-order valence-electron chi connectivity index (χ2n) is 6.10. The molecule has 0 amide bonds. The molecule has 4 rings (SSSR count). The molecular formula is C22H20O2S2. The van der Waals surface area contributed by atoms with Gasteiger partial charge in [0.1, 0.15) is 6.10 Å². The van der Waals surface area contributed by atoms with Crippen LogP contribution in [-0.2, 0) is 16.1 Å². The summed E-state index contributed by atoms with van der Waals surface area (Å²) in [7, 11) is 0. The summed E-state index contributed by atoms with van der Waals surface area (Å²) in [6.45, 7) is 2.19. The van der Waals surface area contributed by atoms with Gasteiger partial charge < -0.3 is 9.47 Å². The molecule has 4 heteroatoms. The second kappa shape index (κ2) is 8.78. The minimum absolute atomic E-state index is 0.327. The summed E-state index contributed by atoms with van der Waals surface area (Å²) in [5, 5.41) is 0. The Balaban J connectivity index is 1.30. The Kier molecular flexibility index (Phi) is 5.97. The van der Waals surface area contributed by atoms with Gasteiger partial charge in [0.05, 0.1) is 19.8 Å². The van der Waals surface area contributed by atoms with Crippen LogP contribution in [0.25, 0.3) is 0 Å². The van der Waals surface area contributed by atoms with Crippen LogP contribution in [0.3, 0.4) is 0 Å². The Morgan fingerprint density at radius 3 is 1.77 bits per heavy atom. The normalized spacial score (nSPS) is 15.8. The van der Waals surface area contributed by atoms with E-state index in [0.717, 1.165) is 6.61 Å². The number of ether oxygens (including phenoxy) is 2. The molecule has 0 aromatic heterocycles. The van der Waals surface area contributed by atoms with Gasteiger partial charge in [-0.25, -0.2) is 0 Å². The van der Waals surface area contributed by atoms with Crippen molar-refractivity contribution in [3.63, 3.8) is 0 Å². The van der Waals surface area contributed by atoms with E-state index >= 15 is 0 Å². The summed E-state index contributed by atoms with van der Waals surface area (Å²) < 4.78 is 10.8. The molecule has 0 saturated carbocycles. The second-order valence-corrected chi connectivity index (χ2v) is 8.40. The molecule has 2 nitrogen and oxygen atoms in total. The number of benzene rings is 3. The van der Waals surface area contributed by atoms with Gasteiger partial charge in [-0.15, -0.1) is 0 Å². The van der Waals surface area contributed by atoms with Gasteiger partial charge in [-0.1, -0.05) is 53.9 Å². The molecule has 0 bridgehead atoms. The molecule has 1 aliphatic heterocycles. The van der Waals surface area contributed by atoms with Crippen LogP contribution in [-0.4, -0.2) is 19.3 Å². The predicted octanol–water partition coefficient (Wildman–Crippen LogP) is 5.90. The van der Waals surface area contributed by atoms with Gasteiger partial charge in [-0.2, -0.15) is 0 Å². The fraction of sp³-hybridized carbons (Fsp3) is 0.182. The molecule has 1 heterocycles. The zero-order valence-electron chi connectivity index (χ0n) is 14.3. The lowest BCUT2D eigenvalue weighted by molar-refractivity contribution is 0.104. The van der Waals surface area contributed by atoms with E-state index in [0.29, 0.717) is 19.3 Å². The van der Waals surface area contributed by atoms with Gasteiger partial charge in [0.25, 0.3) is 0 Å². The molecule has 132 valence electrons. The Morgan fingerprint density at radius 2 is 1.23 bits per heavy atom. The third kappa shape index (κ3) is 5.39. The highest BCUT2D eigenvalue weighted by Gasteiger charge is 2.22. The van der Waals surface area contributed by atoms with Crippen LogP contribution in [0.4, 0.5) is 0 Å².